The van der Waals surface area contributed by atoms with Crippen LogP contribution in [0.4, 0.5) is 0 Å². The van der Waals surface area contributed by atoms with E-state index in [1.807, 2.05) is 0 Å². The van der Waals surface area contributed by atoms with Crippen LogP contribution in [0.2, 0.25) is 0 Å². The maximum Gasteiger partial charge on any atom is 0.0976 e. The number of rotatable bonds is 6. The van der Waals surface area contributed by atoms with E-state index in [1.54, 1.807) is 0 Å². The van der Waals surface area contributed by atoms with E-state index in [0.717, 1.165) is 12.3 Å². The highest BCUT2D eigenvalue weighted by atomic mass is 16.5. The molecule has 1 fully saturated rings. The minimum absolute atomic E-state index is 0.0717. The van der Waals surface area contributed by atoms with Crippen molar-refractivity contribution in [1.29, 1.82) is 5.26 Å². The van der Waals surface area contributed by atoms with Gasteiger partial charge in [-0.2, -0.15) is 5.26 Å². The van der Waals surface area contributed by atoms with Gasteiger partial charge in [-0.05, 0) is 51.9 Å². The lowest BCUT2D eigenvalue weighted by Crippen LogP contribution is -2.35. The molecular weight excluding hydrogens is 212 g/mol. The van der Waals surface area contributed by atoms with Gasteiger partial charge in [-0.15, -0.1) is 0 Å². The summed E-state index contributed by atoms with van der Waals surface area (Å²) in [7, 11) is 0. The van der Waals surface area contributed by atoms with E-state index in [4.69, 9.17) is 10.00 Å². The number of nitrogens with one attached hydrogen (secondary N) is 1. The molecule has 0 spiro atoms. The van der Waals surface area contributed by atoms with Gasteiger partial charge < -0.3 is 4.74 Å². The van der Waals surface area contributed by atoms with Crippen molar-refractivity contribution in [2.24, 2.45) is 5.92 Å². The molecule has 1 aliphatic carbocycles. The van der Waals surface area contributed by atoms with Gasteiger partial charge in [-0.25, -0.2) is 0 Å². The third-order valence-electron chi connectivity index (χ3n) is 3.41. The molecule has 1 aliphatic rings. The van der Waals surface area contributed by atoms with Gasteiger partial charge in [0.2, 0.25) is 0 Å². The molecule has 0 aromatic carbocycles. The fourth-order valence-electron chi connectivity index (χ4n) is 2.34. The Morgan fingerprint density at radius 3 is 2.47 bits per heavy atom. The molecule has 1 unspecified atom stereocenters. The second kappa shape index (κ2) is 7.68. The van der Waals surface area contributed by atoms with Gasteiger partial charge in [-0.3, -0.25) is 5.32 Å². The number of hydrogen-bond acceptors (Lipinski definition) is 3. The summed E-state index contributed by atoms with van der Waals surface area (Å²) in [6, 6.07) is 2.57. The summed E-state index contributed by atoms with van der Waals surface area (Å²) < 4.78 is 5.85. The first kappa shape index (κ1) is 14.5. The molecule has 0 aromatic rings. The normalized spacial score (nSPS) is 26.8. The zero-order valence-electron chi connectivity index (χ0n) is 11.4. The molecule has 1 rings (SSSR count). The van der Waals surface area contributed by atoms with E-state index in [0.29, 0.717) is 18.8 Å². The number of nitrogens with zero attached hydrogens (tertiary/aromatic N) is 1. The fourth-order valence-corrected chi connectivity index (χ4v) is 2.34. The van der Waals surface area contributed by atoms with Gasteiger partial charge in [0.05, 0.1) is 18.2 Å². The molecule has 0 aliphatic heterocycles. The first-order valence-corrected chi connectivity index (χ1v) is 6.89. The Morgan fingerprint density at radius 1 is 1.29 bits per heavy atom. The SMILES string of the molecule is CC1CCC(OCCC(C#N)NC(C)C)CC1. The third kappa shape index (κ3) is 6.05. The Balaban J connectivity index is 2.12. The summed E-state index contributed by atoms with van der Waals surface area (Å²) in [5.41, 5.74) is 0. The van der Waals surface area contributed by atoms with Gasteiger partial charge in [0.25, 0.3) is 0 Å². The molecule has 17 heavy (non-hydrogen) atoms. The molecule has 0 heterocycles. The van der Waals surface area contributed by atoms with Crippen LogP contribution in [-0.4, -0.2) is 24.8 Å². The Kier molecular flexibility index (Phi) is 6.54. The maximum atomic E-state index is 8.98. The van der Waals surface area contributed by atoms with Crippen molar-refractivity contribution in [3.05, 3.63) is 0 Å². The summed E-state index contributed by atoms with van der Waals surface area (Å²) >= 11 is 0. The van der Waals surface area contributed by atoms with Crippen LogP contribution in [0.25, 0.3) is 0 Å². The summed E-state index contributed by atoms with van der Waals surface area (Å²) in [5, 5.41) is 12.2. The highest BCUT2D eigenvalue weighted by molar-refractivity contribution is 4.90. The molecular formula is C14H26N2O. The molecule has 0 radical (unpaired) electrons. The van der Waals surface area contributed by atoms with Crippen molar-refractivity contribution in [2.45, 2.75) is 71.1 Å². The van der Waals surface area contributed by atoms with Crippen LogP contribution in [0.3, 0.4) is 0 Å². The van der Waals surface area contributed by atoms with E-state index >= 15 is 0 Å². The predicted octanol–water partition coefficient (Wildman–Crippen LogP) is 2.86. The van der Waals surface area contributed by atoms with E-state index < -0.39 is 0 Å². The van der Waals surface area contributed by atoms with E-state index in [2.05, 4.69) is 32.2 Å². The smallest absolute Gasteiger partial charge is 0.0976 e. The van der Waals surface area contributed by atoms with Crippen molar-refractivity contribution in [3.8, 4) is 6.07 Å². The van der Waals surface area contributed by atoms with Gasteiger partial charge in [0.1, 0.15) is 0 Å². The van der Waals surface area contributed by atoms with Crippen LogP contribution in [0, 0.1) is 17.2 Å². The first-order valence-electron chi connectivity index (χ1n) is 6.89. The minimum atomic E-state index is -0.0717. The highest BCUT2D eigenvalue weighted by Gasteiger charge is 2.19. The van der Waals surface area contributed by atoms with Gasteiger partial charge in [-0.1, -0.05) is 6.92 Å². The monoisotopic (exact) mass is 238 g/mol. The molecule has 0 aromatic heterocycles. The predicted molar refractivity (Wildman–Crippen MR) is 69.7 cm³/mol. The van der Waals surface area contributed by atoms with E-state index in [1.165, 1.54) is 25.7 Å². The van der Waals surface area contributed by atoms with Crippen molar-refractivity contribution >= 4 is 0 Å². The summed E-state index contributed by atoms with van der Waals surface area (Å²) in [6.45, 7) is 7.15. The Bertz CT molecular complexity index is 239. The van der Waals surface area contributed by atoms with Crippen LogP contribution in [0.15, 0.2) is 0 Å². The standard InChI is InChI=1S/C14H26N2O/c1-11(2)16-13(10-15)8-9-17-14-6-4-12(3)5-7-14/h11-14,16H,4-9H2,1-3H3. The molecule has 98 valence electrons. The molecule has 0 amide bonds. The van der Waals surface area contributed by atoms with Gasteiger partial charge in [0, 0.05) is 12.6 Å². The zero-order valence-corrected chi connectivity index (χ0v) is 11.4. The first-order chi connectivity index (χ1) is 8.11. The van der Waals surface area contributed by atoms with Gasteiger partial charge in [0.15, 0.2) is 0 Å². The average Bonchev–Trinajstić information content (AvgIpc) is 2.30. The fraction of sp³-hybridized carbons (Fsp3) is 0.929. The Hall–Kier alpha value is -0.590. The quantitative estimate of drug-likeness (QED) is 0.774. The lowest BCUT2D eigenvalue weighted by molar-refractivity contribution is 0.0168. The average molecular weight is 238 g/mol. The molecule has 0 saturated heterocycles. The largest absolute Gasteiger partial charge is 0.378 e. The van der Waals surface area contributed by atoms with Crippen molar-refractivity contribution in [3.63, 3.8) is 0 Å². The lowest BCUT2D eigenvalue weighted by atomic mass is 9.89. The molecule has 1 N–H and O–H groups in total. The van der Waals surface area contributed by atoms with E-state index in [9.17, 15) is 0 Å². The van der Waals surface area contributed by atoms with Crippen LogP contribution >= 0.6 is 0 Å². The zero-order chi connectivity index (χ0) is 12.7. The maximum absolute atomic E-state index is 8.98. The second-order valence-corrected chi connectivity index (χ2v) is 5.54. The Morgan fingerprint density at radius 2 is 1.94 bits per heavy atom. The highest BCUT2D eigenvalue weighted by Crippen LogP contribution is 2.25. The van der Waals surface area contributed by atoms with Crippen LogP contribution in [-0.2, 0) is 4.74 Å². The molecule has 1 atom stereocenters. The Labute approximate surface area is 106 Å². The van der Waals surface area contributed by atoms with Crippen LogP contribution < -0.4 is 5.32 Å². The van der Waals surface area contributed by atoms with Crippen LogP contribution in [0.1, 0.15) is 52.9 Å². The second-order valence-electron chi connectivity index (χ2n) is 5.54. The molecule has 3 nitrogen and oxygen atoms in total. The third-order valence-corrected chi connectivity index (χ3v) is 3.41. The molecule has 3 heteroatoms. The van der Waals surface area contributed by atoms with Crippen LogP contribution in [0.5, 0.6) is 0 Å². The van der Waals surface area contributed by atoms with Crippen molar-refractivity contribution in [1.82, 2.24) is 5.32 Å². The number of hydrogen-bond donors (Lipinski definition) is 1. The number of nitriles is 1. The summed E-state index contributed by atoms with van der Waals surface area (Å²) in [5.74, 6) is 0.865. The van der Waals surface area contributed by atoms with E-state index in [-0.39, 0.29) is 6.04 Å². The molecule has 0 bridgehead atoms. The van der Waals surface area contributed by atoms with Crippen molar-refractivity contribution in [2.75, 3.05) is 6.61 Å². The van der Waals surface area contributed by atoms with Crippen molar-refractivity contribution < 1.29 is 4.74 Å². The summed E-state index contributed by atoms with van der Waals surface area (Å²) in [6.07, 6.45) is 6.18. The molecule has 1 saturated carbocycles. The minimum Gasteiger partial charge on any atom is -0.378 e. The topological polar surface area (TPSA) is 45.0 Å². The lowest BCUT2D eigenvalue weighted by Gasteiger charge is -2.26. The van der Waals surface area contributed by atoms with Gasteiger partial charge >= 0.3 is 0 Å². The summed E-state index contributed by atoms with van der Waals surface area (Å²) in [4.78, 5) is 0. The number of ether oxygens (including phenoxy) is 1.